The lowest BCUT2D eigenvalue weighted by atomic mass is 10.4. The van der Waals surface area contributed by atoms with Crippen molar-refractivity contribution in [2.75, 3.05) is 25.4 Å². The van der Waals surface area contributed by atoms with Crippen LogP contribution in [0.15, 0.2) is 24.7 Å². The minimum absolute atomic E-state index is 0.00903. The van der Waals surface area contributed by atoms with Crippen LogP contribution in [0.3, 0.4) is 0 Å². The van der Waals surface area contributed by atoms with Gasteiger partial charge in [0.15, 0.2) is 0 Å². The van der Waals surface area contributed by atoms with Crippen LogP contribution in [0.2, 0.25) is 0 Å². The van der Waals surface area contributed by atoms with E-state index >= 15 is 0 Å². The van der Waals surface area contributed by atoms with Gasteiger partial charge in [0, 0.05) is 6.54 Å². The summed E-state index contributed by atoms with van der Waals surface area (Å²) in [5.74, 6) is -0.800. The van der Waals surface area contributed by atoms with E-state index in [-0.39, 0.29) is 31.2 Å². The van der Waals surface area contributed by atoms with Gasteiger partial charge in [-0.05, 0) is 0 Å². The Balaban J connectivity index is 4.24. The van der Waals surface area contributed by atoms with Gasteiger partial charge in [0.2, 0.25) is 0 Å². The molecule has 0 rings (SSSR count). The summed E-state index contributed by atoms with van der Waals surface area (Å²) < 4.78 is 29.4. The minimum Gasteiger partial charge on any atom is -0.512 e. The van der Waals surface area contributed by atoms with Gasteiger partial charge >= 0.3 is 0 Å². The summed E-state index contributed by atoms with van der Waals surface area (Å²) in [6.07, 6.45) is 0. The molecule has 0 atom stereocenters. The van der Waals surface area contributed by atoms with E-state index in [1.807, 2.05) is 0 Å². The molecular formula is C8H15NO5S. The first-order valence-corrected chi connectivity index (χ1v) is 5.72. The Morgan fingerprint density at radius 2 is 1.53 bits per heavy atom. The monoisotopic (exact) mass is 237 g/mol. The molecular weight excluding hydrogens is 222 g/mol. The second-order valence-corrected chi connectivity index (χ2v) is 4.70. The Morgan fingerprint density at radius 3 is 1.80 bits per heavy atom. The highest BCUT2D eigenvalue weighted by Crippen LogP contribution is 1.98. The number of nitrogens with zero attached hydrogens (tertiary/aromatic N) is 1. The molecule has 0 saturated heterocycles. The van der Waals surface area contributed by atoms with Gasteiger partial charge in [-0.2, -0.15) is 8.42 Å². The van der Waals surface area contributed by atoms with Crippen molar-refractivity contribution in [1.82, 2.24) is 4.90 Å². The average Bonchev–Trinajstić information content (AvgIpc) is 1.96. The van der Waals surface area contributed by atoms with Gasteiger partial charge in [-0.15, -0.1) is 0 Å². The SMILES string of the molecule is C=C(O)CN(CCS(=O)(=O)O)CC(=C)O. The highest BCUT2D eigenvalue weighted by Gasteiger charge is 2.12. The quantitative estimate of drug-likeness (QED) is 0.435. The van der Waals surface area contributed by atoms with Crippen molar-refractivity contribution in [2.24, 2.45) is 0 Å². The lowest BCUT2D eigenvalue weighted by molar-refractivity contribution is 0.243. The second-order valence-electron chi connectivity index (χ2n) is 3.13. The Bertz CT molecular complexity index is 319. The summed E-state index contributed by atoms with van der Waals surface area (Å²) in [4.78, 5) is 1.39. The molecule has 0 radical (unpaired) electrons. The first kappa shape index (κ1) is 13.9. The van der Waals surface area contributed by atoms with Gasteiger partial charge in [0.25, 0.3) is 10.1 Å². The van der Waals surface area contributed by atoms with E-state index < -0.39 is 15.9 Å². The summed E-state index contributed by atoms with van der Waals surface area (Å²) in [7, 11) is -4.06. The lowest BCUT2D eigenvalue weighted by Gasteiger charge is -2.19. The third-order valence-corrected chi connectivity index (χ3v) is 2.18. The number of hydrogen-bond donors (Lipinski definition) is 3. The van der Waals surface area contributed by atoms with E-state index in [9.17, 15) is 8.42 Å². The molecule has 0 aromatic carbocycles. The Labute approximate surface area is 88.9 Å². The molecule has 7 heteroatoms. The largest absolute Gasteiger partial charge is 0.512 e. The van der Waals surface area contributed by atoms with Crippen LogP contribution >= 0.6 is 0 Å². The summed E-state index contributed by atoms with van der Waals surface area (Å²) in [6, 6.07) is 0. The van der Waals surface area contributed by atoms with Crippen molar-refractivity contribution in [3.63, 3.8) is 0 Å². The standard InChI is InChI=1S/C8H15NO5S/c1-7(10)5-9(6-8(2)11)3-4-15(12,13)14/h10-11H,1-6H2,(H,12,13,14). The van der Waals surface area contributed by atoms with Crippen LogP contribution in [0.5, 0.6) is 0 Å². The molecule has 0 unspecified atom stereocenters. The van der Waals surface area contributed by atoms with E-state index in [4.69, 9.17) is 14.8 Å². The van der Waals surface area contributed by atoms with Gasteiger partial charge < -0.3 is 10.2 Å². The van der Waals surface area contributed by atoms with Crippen molar-refractivity contribution in [1.29, 1.82) is 0 Å². The Kier molecular flexibility index (Phi) is 5.34. The molecule has 0 aromatic heterocycles. The molecule has 15 heavy (non-hydrogen) atoms. The fraction of sp³-hybridized carbons (Fsp3) is 0.500. The van der Waals surface area contributed by atoms with Crippen LogP contribution in [0.1, 0.15) is 0 Å². The zero-order valence-corrected chi connectivity index (χ0v) is 9.07. The topological polar surface area (TPSA) is 98.1 Å². The first-order chi connectivity index (χ1) is 6.70. The zero-order valence-electron chi connectivity index (χ0n) is 8.26. The van der Waals surface area contributed by atoms with Crippen molar-refractivity contribution in [3.05, 3.63) is 24.7 Å². The van der Waals surface area contributed by atoms with Crippen molar-refractivity contribution in [3.8, 4) is 0 Å². The first-order valence-electron chi connectivity index (χ1n) is 4.11. The van der Waals surface area contributed by atoms with E-state index in [0.717, 1.165) is 0 Å². The predicted molar refractivity (Wildman–Crippen MR) is 56.4 cm³/mol. The molecule has 88 valence electrons. The molecule has 0 aliphatic heterocycles. The fourth-order valence-corrected chi connectivity index (χ4v) is 1.46. The minimum atomic E-state index is -4.06. The smallest absolute Gasteiger partial charge is 0.266 e. The third kappa shape index (κ3) is 9.26. The molecule has 0 aromatic rings. The van der Waals surface area contributed by atoms with Gasteiger partial charge in [-0.3, -0.25) is 9.45 Å². The molecule has 0 aliphatic rings. The van der Waals surface area contributed by atoms with Crippen LogP contribution in [0.25, 0.3) is 0 Å². The summed E-state index contributed by atoms with van der Waals surface area (Å²) >= 11 is 0. The number of aliphatic hydroxyl groups excluding tert-OH is 2. The molecule has 0 spiro atoms. The molecule has 0 amide bonds. The average molecular weight is 237 g/mol. The number of hydrogen-bond acceptors (Lipinski definition) is 5. The third-order valence-electron chi connectivity index (χ3n) is 1.48. The van der Waals surface area contributed by atoms with E-state index in [0.29, 0.717) is 0 Å². The summed E-state index contributed by atoms with van der Waals surface area (Å²) in [5.41, 5.74) is 0. The highest BCUT2D eigenvalue weighted by molar-refractivity contribution is 7.85. The number of aliphatic hydroxyl groups is 2. The maximum atomic E-state index is 10.5. The van der Waals surface area contributed by atoms with Gasteiger partial charge in [0.05, 0.1) is 30.4 Å². The van der Waals surface area contributed by atoms with Crippen LogP contribution < -0.4 is 0 Å². The maximum absolute atomic E-state index is 10.5. The highest BCUT2D eigenvalue weighted by atomic mass is 32.2. The maximum Gasteiger partial charge on any atom is 0.266 e. The van der Waals surface area contributed by atoms with Gasteiger partial charge in [0.1, 0.15) is 0 Å². The number of rotatable bonds is 7. The zero-order chi connectivity index (χ0) is 12.1. The van der Waals surface area contributed by atoms with E-state index in [1.165, 1.54) is 4.90 Å². The molecule has 6 nitrogen and oxygen atoms in total. The predicted octanol–water partition coefficient (Wildman–Crippen LogP) is 0.320. The Hall–Kier alpha value is -1.05. The van der Waals surface area contributed by atoms with Crippen molar-refractivity contribution >= 4 is 10.1 Å². The molecule has 0 saturated carbocycles. The normalized spacial score (nSPS) is 11.6. The van der Waals surface area contributed by atoms with E-state index in [2.05, 4.69) is 13.2 Å². The van der Waals surface area contributed by atoms with Crippen molar-refractivity contribution < 1.29 is 23.2 Å². The van der Waals surface area contributed by atoms with Gasteiger partial charge in [-0.1, -0.05) is 13.2 Å². The molecule has 0 aliphatic carbocycles. The van der Waals surface area contributed by atoms with Crippen molar-refractivity contribution in [2.45, 2.75) is 0 Å². The molecule has 0 bridgehead atoms. The Morgan fingerprint density at radius 1 is 1.13 bits per heavy atom. The fourth-order valence-electron chi connectivity index (χ4n) is 0.975. The summed E-state index contributed by atoms with van der Waals surface area (Å²) in [6.45, 7) is 6.46. The van der Waals surface area contributed by atoms with Crippen LogP contribution in [0.4, 0.5) is 0 Å². The van der Waals surface area contributed by atoms with Crippen LogP contribution in [-0.2, 0) is 10.1 Å². The molecule has 3 N–H and O–H groups in total. The molecule has 0 heterocycles. The summed E-state index contributed by atoms with van der Waals surface area (Å²) in [5, 5.41) is 17.8. The molecule has 0 fully saturated rings. The van der Waals surface area contributed by atoms with Crippen LogP contribution in [0, 0.1) is 0 Å². The van der Waals surface area contributed by atoms with E-state index in [1.54, 1.807) is 0 Å². The lowest BCUT2D eigenvalue weighted by Crippen LogP contribution is -2.32. The van der Waals surface area contributed by atoms with Crippen LogP contribution in [-0.4, -0.2) is 53.5 Å². The second kappa shape index (κ2) is 5.74. The van der Waals surface area contributed by atoms with Gasteiger partial charge in [-0.25, -0.2) is 0 Å².